The van der Waals surface area contributed by atoms with Crippen molar-refractivity contribution in [3.63, 3.8) is 0 Å². The lowest BCUT2D eigenvalue weighted by Gasteiger charge is -2.17. The van der Waals surface area contributed by atoms with Crippen LogP contribution in [0.4, 0.5) is 17.2 Å². The number of ether oxygens (including phenoxy) is 2. The average molecular weight is 531 g/mol. The van der Waals surface area contributed by atoms with Gasteiger partial charge in [0.1, 0.15) is 30.3 Å². The maximum absolute atomic E-state index is 6.50. The van der Waals surface area contributed by atoms with Gasteiger partial charge >= 0.3 is 0 Å². The van der Waals surface area contributed by atoms with Gasteiger partial charge in [-0.3, -0.25) is 4.98 Å². The van der Waals surface area contributed by atoms with Gasteiger partial charge in [-0.1, -0.05) is 17.7 Å². The maximum Gasteiger partial charge on any atom is 0.144 e. The lowest BCUT2D eigenvalue weighted by Crippen LogP contribution is -2.18. The van der Waals surface area contributed by atoms with Gasteiger partial charge < -0.3 is 25.4 Å². The van der Waals surface area contributed by atoms with Crippen molar-refractivity contribution in [3.8, 4) is 11.5 Å². The molecule has 0 unspecified atom stereocenters. The van der Waals surface area contributed by atoms with Crippen LogP contribution in [-0.2, 0) is 6.61 Å². The lowest BCUT2D eigenvalue weighted by molar-refractivity contribution is 0.237. The molecule has 3 atom stereocenters. The van der Waals surface area contributed by atoms with Crippen molar-refractivity contribution in [1.82, 2.24) is 19.9 Å². The standard InChI is InChI=1S/C29H31ClN6O2/c1-36-13-19-8-18(9-20(19)14-36)15-37-28-12-26-23(11-25(28)31)29(34-17-33-26)35-21-5-6-27(24(30)10-21)38-16-22-4-2-3-7-32-22/h2-7,10-12,17-20H,8-9,13-16,31H2,1H3,(H,33,34,35)/t18-,19-,20+. The number of nitrogens with two attached hydrogens (primary N) is 1. The van der Waals surface area contributed by atoms with Crippen molar-refractivity contribution in [1.29, 1.82) is 0 Å². The first kappa shape index (κ1) is 24.7. The van der Waals surface area contributed by atoms with Crippen LogP contribution in [0.1, 0.15) is 18.5 Å². The summed E-state index contributed by atoms with van der Waals surface area (Å²) >= 11 is 6.50. The van der Waals surface area contributed by atoms with Crippen LogP contribution < -0.4 is 20.5 Å². The number of hydrogen-bond donors (Lipinski definition) is 2. The Labute approximate surface area is 227 Å². The summed E-state index contributed by atoms with van der Waals surface area (Å²) in [5.41, 5.74) is 9.35. The second-order valence-corrected chi connectivity index (χ2v) is 10.8. The number of likely N-dealkylation sites (tertiary alicyclic amines) is 1. The molecule has 0 spiro atoms. The van der Waals surface area contributed by atoms with Crippen molar-refractivity contribution >= 4 is 39.7 Å². The van der Waals surface area contributed by atoms with Gasteiger partial charge in [0, 0.05) is 36.4 Å². The minimum Gasteiger partial charge on any atom is -0.491 e. The molecule has 2 aromatic carbocycles. The number of anilines is 3. The molecule has 2 aromatic heterocycles. The summed E-state index contributed by atoms with van der Waals surface area (Å²) in [5.74, 6) is 4.09. The van der Waals surface area contributed by atoms with Crippen molar-refractivity contribution in [3.05, 3.63) is 71.8 Å². The molecule has 0 amide bonds. The van der Waals surface area contributed by atoms with E-state index < -0.39 is 0 Å². The van der Waals surface area contributed by atoms with Gasteiger partial charge in [0.25, 0.3) is 0 Å². The number of nitrogens with zero attached hydrogens (tertiary/aromatic N) is 4. The molecule has 1 saturated carbocycles. The first-order valence-corrected chi connectivity index (χ1v) is 13.3. The van der Waals surface area contributed by atoms with Gasteiger partial charge in [0.15, 0.2) is 0 Å². The number of nitrogen functional groups attached to an aromatic ring is 1. The fourth-order valence-corrected chi connectivity index (χ4v) is 6.03. The van der Waals surface area contributed by atoms with Crippen LogP contribution in [-0.4, -0.2) is 46.6 Å². The van der Waals surface area contributed by atoms with E-state index in [0.717, 1.165) is 34.1 Å². The van der Waals surface area contributed by atoms with Crippen LogP contribution in [0, 0.1) is 17.8 Å². The van der Waals surface area contributed by atoms with E-state index in [1.54, 1.807) is 12.3 Å². The minimum absolute atomic E-state index is 0.340. The summed E-state index contributed by atoms with van der Waals surface area (Å²) in [6.07, 6.45) is 5.73. The third-order valence-corrected chi connectivity index (χ3v) is 7.86. The fraction of sp³-hybridized carbons (Fsp3) is 0.345. The Morgan fingerprint density at radius 3 is 2.61 bits per heavy atom. The Balaban J connectivity index is 1.13. The molecule has 8 nitrogen and oxygen atoms in total. The minimum atomic E-state index is 0.340. The van der Waals surface area contributed by atoms with Crippen LogP contribution in [0.15, 0.2) is 61.1 Å². The van der Waals surface area contributed by atoms with E-state index in [2.05, 4.69) is 32.2 Å². The molecule has 1 saturated heterocycles. The van der Waals surface area contributed by atoms with Gasteiger partial charge in [-0.2, -0.15) is 0 Å². The summed E-state index contributed by atoms with van der Waals surface area (Å²) in [4.78, 5) is 15.6. The zero-order chi connectivity index (χ0) is 26.1. The Hall–Kier alpha value is -3.62. The van der Waals surface area contributed by atoms with Crippen molar-refractivity contribution in [2.24, 2.45) is 17.8 Å². The number of hydrogen-bond acceptors (Lipinski definition) is 8. The van der Waals surface area contributed by atoms with Crippen LogP contribution in [0.3, 0.4) is 0 Å². The summed E-state index contributed by atoms with van der Waals surface area (Å²) in [5, 5.41) is 4.63. The molecule has 196 valence electrons. The summed E-state index contributed by atoms with van der Waals surface area (Å²) in [7, 11) is 2.22. The molecule has 1 aliphatic carbocycles. The molecular weight excluding hydrogens is 500 g/mol. The SMILES string of the molecule is CN1C[C@H]2C[C@@H](COc3cc4ncnc(Nc5ccc(OCc6ccccn6)c(Cl)c5)c4cc3N)C[C@H]2C1. The zero-order valence-electron chi connectivity index (χ0n) is 21.3. The fourth-order valence-electron chi connectivity index (χ4n) is 5.80. The number of aromatic nitrogens is 3. The van der Waals surface area contributed by atoms with Gasteiger partial charge in [0.2, 0.25) is 0 Å². The van der Waals surface area contributed by atoms with Crippen LogP contribution in [0.2, 0.25) is 5.02 Å². The maximum atomic E-state index is 6.50. The summed E-state index contributed by atoms with van der Waals surface area (Å²) in [6.45, 7) is 3.44. The average Bonchev–Trinajstić information content (AvgIpc) is 3.45. The predicted octanol–water partition coefficient (Wildman–Crippen LogP) is 5.55. The van der Waals surface area contributed by atoms with Gasteiger partial charge in [-0.15, -0.1) is 0 Å². The van der Waals surface area contributed by atoms with E-state index in [0.29, 0.717) is 47.2 Å². The molecule has 4 aromatic rings. The van der Waals surface area contributed by atoms with Gasteiger partial charge in [-0.25, -0.2) is 9.97 Å². The molecule has 3 N–H and O–H groups in total. The monoisotopic (exact) mass is 530 g/mol. The molecule has 9 heteroatoms. The van der Waals surface area contributed by atoms with E-state index in [9.17, 15) is 0 Å². The van der Waals surface area contributed by atoms with Crippen molar-refractivity contribution in [2.45, 2.75) is 19.4 Å². The topological polar surface area (TPSA) is 98.4 Å². The van der Waals surface area contributed by atoms with E-state index in [-0.39, 0.29) is 0 Å². The van der Waals surface area contributed by atoms with E-state index in [4.69, 9.17) is 26.8 Å². The molecule has 3 heterocycles. The smallest absolute Gasteiger partial charge is 0.144 e. The van der Waals surface area contributed by atoms with E-state index >= 15 is 0 Å². The largest absolute Gasteiger partial charge is 0.491 e. The number of benzene rings is 2. The number of nitrogens with one attached hydrogen (secondary N) is 1. The number of halogens is 1. The molecule has 1 aliphatic heterocycles. The number of pyridine rings is 1. The first-order valence-electron chi connectivity index (χ1n) is 13.0. The third kappa shape index (κ3) is 5.33. The molecular formula is C29H31ClN6O2. The molecule has 0 radical (unpaired) electrons. The van der Waals surface area contributed by atoms with Crippen molar-refractivity contribution in [2.75, 3.05) is 37.8 Å². The zero-order valence-corrected chi connectivity index (χ0v) is 22.1. The Morgan fingerprint density at radius 1 is 1.00 bits per heavy atom. The third-order valence-electron chi connectivity index (χ3n) is 7.57. The van der Waals surface area contributed by atoms with Crippen LogP contribution >= 0.6 is 11.6 Å². The van der Waals surface area contributed by atoms with E-state index in [1.165, 1.54) is 32.3 Å². The highest BCUT2D eigenvalue weighted by Gasteiger charge is 2.39. The lowest BCUT2D eigenvalue weighted by atomic mass is 10.0. The number of rotatable bonds is 8. The second kappa shape index (κ2) is 10.6. The molecule has 2 aliphatic rings. The summed E-state index contributed by atoms with van der Waals surface area (Å²) in [6, 6.07) is 15.0. The number of fused-ring (bicyclic) bond motifs is 2. The second-order valence-electron chi connectivity index (χ2n) is 10.4. The van der Waals surface area contributed by atoms with E-state index in [1.807, 2.05) is 42.5 Å². The Bertz CT molecular complexity index is 1420. The highest BCUT2D eigenvalue weighted by Crippen LogP contribution is 2.41. The van der Waals surface area contributed by atoms with Gasteiger partial charge in [0.05, 0.1) is 28.5 Å². The highest BCUT2D eigenvalue weighted by molar-refractivity contribution is 6.32. The molecule has 0 bridgehead atoms. The highest BCUT2D eigenvalue weighted by atomic mass is 35.5. The van der Waals surface area contributed by atoms with Gasteiger partial charge in [-0.05, 0) is 74.0 Å². The molecule has 6 rings (SSSR count). The first-order chi connectivity index (χ1) is 18.5. The quantitative estimate of drug-likeness (QED) is 0.286. The van der Waals surface area contributed by atoms with Crippen LogP contribution in [0.25, 0.3) is 10.9 Å². The van der Waals surface area contributed by atoms with Crippen LogP contribution in [0.5, 0.6) is 11.5 Å². The Kier molecular flexibility index (Phi) is 6.91. The Morgan fingerprint density at radius 2 is 1.84 bits per heavy atom. The predicted molar refractivity (Wildman–Crippen MR) is 150 cm³/mol. The van der Waals surface area contributed by atoms with Crippen molar-refractivity contribution < 1.29 is 9.47 Å². The normalized spacial score (nSPS) is 20.9. The molecule has 2 fully saturated rings. The summed E-state index contributed by atoms with van der Waals surface area (Å²) < 4.78 is 12.0. The molecule has 38 heavy (non-hydrogen) atoms.